The molecule has 0 unspecified atom stereocenters. The van der Waals surface area contributed by atoms with E-state index in [0.717, 1.165) is 6.42 Å². The van der Waals surface area contributed by atoms with Crippen LogP contribution < -0.4 is 4.72 Å². The lowest BCUT2D eigenvalue weighted by atomic mass is 9.70. The van der Waals surface area contributed by atoms with Gasteiger partial charge in [0.25, 0.3) is 0 Å². The Morgan fingerprint density at radius 2 is 1.60 bits per heavy atom. The third-order valence-corrected chi connectivity index (χ3v) is 8.98. The third-order valence-electron chi connectivity index (χ3n) is 7.50. The van der Waals surface area contributed by atoms with Gasteiger partial charge in [0.15, 0.2) is 0 Å². The van der Waals surface area contributed by atoms with Crippen LogP contribution in [0.25, 0.3) is 0 Å². The molecule has 2 aromatic rings. The van der Waals surface area contributed by atoms with Gasteiger partial charge in [-0.15, -0.1) is 0 Å². The van der Waals surface area contributed by atoms with Crippen molar-refractivity contribution in [3.8, 4) is 0 Å². The first-order valence-electron chi connectivity index (χ1n) is 10.5. The number of Topliss-reactive ketones (excluding diaryl/α,β-unsaturated/α-hetero) is 1. The molecule has 0 aliphatic heterocycles. The first kappa shape index (κ1) is 21.2. The molecule has 30 heavy (non-hydrogen) atoms. The van der Waals surface area contributed by atoms with Crippen LogP contribution in [0.15, 0.2) is 60.7 Å². The van der Waals surface area contributed by atoms with Crippen LogP contribution in [0.3, 0.4) is 0 Å². The predicted molar refractivity (Wildman–Crippen MR) is 116 cm³/mol. The van der Waals surface area contributed by atoms with Gasteiger partial charge in [-0.1, -0.05) is 74.5 Å². The highest BCUT2D eigenvalue weighted by atomic mass is 32.2. The van der Waals surface area contributed by atoms with E-state index in [0.29, 0.717) is 24.0 Å². The van der Waals surface area contributed by atoms with Crippen LogP contribution in [0.4, 0.5) is 0 Å². The fraction of sp³-hybridized carbons (Fsp3) is 0.458. The number of rotatable bonds is 7. The minimum absolute atomic E-state index is 0.0639. The number of aliphatic hydroxyl groups is 1. The van der Waals surface area contributed by atoms with Crippen molar-refractivity contribution in [2.24, 2.45) is 16.7 Å². The van der Waals surface area contributed by atoms with Crippen LogP contribution in [0, 0.1) is 16.7 Å². The van der Waals surface area contributed by atoms with Crippen molar-refractivity contribution in [1.29, 1.82) is 0 Å². The number of benzene rings is 2. The van der Waals surface area contributed by atoms with Gasteiger partial charge in [0.2, 0.25) is 10.0 Å². The lowest BCUT2D eigenvalue weighted by Gasteiger charge is -2.37. The van der Waals surface area contributed by atoms with Crippen LogP contribution in [-0.2, 0) is 14.8 Å². The Hall–Kier alpha value is -2.02. The van der Waals surface area contributed by atoms with Crippen molar-refractivity contribution >= 4 is 15.8 Å². The largest absolute Gasteiger partial charge is 0.386 e. The zero-order valence-corrected chi connectivity index (χ0v) is 18.2. The molecule has 4 atom stereocenters. The first-order valence-corrected chi connectivity index (χ1v) is 12.1. The summed E-state index contributed by atoms with van der Waals surface area (Å²) in [6, 6.07) is 17.3. The highest BCUT2D eigenvalue weighted by molar-refractivity contribution is 7.89. The average molecular weight is 428 g/mol. The molecule has 0 spiro atoms. The maximum absolute atomic E-state index is 13.3. The summed E-state index contributed by atoms with van der Waals surface area (Å²) in [5, 5.41) is 11.0. The van der Waals surface area contributed by atoms with Crippen LogP contribution in [0.5, 0.6) is 0 Å². The Bertz CT molecular complexity index is 1020. The molecule has 2 aromatic carbocycles. The number of carbonyl (C=O) groups is 1. The van der Waals surface area contributed by atoms with Crippen molar-refractivity contribution in [2.45, 2.75) is 45.3 Å². The van der Waals surface area contributed by atoms with E-state index >= 15 is 0 Å². The molecule has 4 rings (SSSR count). The van der Waals surface area contributed by atoms with Crippen molar-refractivity contribution in [3.63, 3.8) is 0 Å². The van der Waals surface area contributed by atoms with Crippen LogP contribution >= 0.6 is 0 Å². The molecule has 0 saturated heterocycles. The Morgan fingerprint density at radius 3 is 2.10 bits per heavy atom. The summed E-state index contributed by atoms with van der Waals surface area (Å²) in [5.41, 5.74) is 0.128. The number of fused-ring (bicyclic) bond motifs is 2. The molecule has 2 saturated carbocycles. The van der Waals surface area contributed by atoms with E-state index < -0.39 is 27.6 Å². The second-order valence-electron chi connectivity index (χ2n) is 9.29. The number of nitrogens with one attached hydrogen (secondary N) is 1. The number of carbonyl (C=O) groups excluding carboxylic acids is 1. The van der Waals surface area contributed by atoms with Crippen LogP contribution in [-0.4, -0.2) is 25.1 Å². The molecule has 0 radical (unpaired) electrons. The standard InChI is InChI=1S/C24H29NO4S/c1-23(2)19-13-14-24(23,20(26)15-19)16-30(28,29)25-21(17-9-5-3-6-10-17)22(27)18-11-7-4-8-12-18/h3-12,19,21-22,25,27H,13-16H2,1-2H3/t19-,21-,22+,24-/m0/s1. The Kier molecular flexibility index (Phi) is 5.37. The first-order chi connectivity index (χ1) is 14.2. The molecule has 2 aliphatic carbocycles. The quantitative estimate of drug-likeness (QED) is 0.704. The normalized spacial score (nSPS) is 27.2. The topological polar surface area (TPSA) is 83.5 Å². The zero-order chi connectivity index (χ0) is 21.6. The minimum atomic E-state index is -3.84. The lowest BCUT2D eigenvalue weighted by Crippen LogP contribution is -2.46. The molecular weight excluding hydrogens is 398 g/mol. The van der Waals surface area contributed by atoms with Crippen molar-refractivity contribution < 1.29 is 18.3 Å². The monoisotopic (exact) mass is 427 g/mol. The summed E-state index contributed by atoms with van der Waals surface area (Å²) >= 11 is 0. The van der Waals surface area contributed by atoms with Crippen molar-refractivity contribution in [2.75, 3.05) is 5.75 Å². The lowest BCUT2D eigenvalue weighted by molar-refractivity contribution is -0.128. The molecule has 160 valence electrons. The minimum Gasteiger partial charge on any atom is -0.386 e. The summed E-state index contributed by atoms with van der Waals surface area (Å²) in [5.74, 6) is 0.0849. The fourth-order valence-electron chi connectivity index (χ4n) is 5.49. The van der Waals surface area contributed by atoms with Gasteiger partial charge in [-0.25, -0.2) is 13.1 Å². The van der Waals surface area contributed by atoms with Gasteiger partial charge in [0.1, 0.15) is 5.78 Å². The molecule has 0 amide bonds. The number of sulfonamides is 1. The van der Waals surface area contributed by atoms with Crippen LogP contribution in [0.2, 0.25) is 0 Å². The molecule has 2 aliphatic rings. The van der Waals surface area contributed by atoms with E-state index in [1.165, 1.54) is 0 Å². The summed E-state index contributed by atoms with van der Waals surface area (Å²) in [7, 11) is -3.84. The van der Waals surface area contributed by atoms with Crippen molar-refractivity contribution in [3.05, 3.63) is 71.8 Å². The Morgan fingerprint density at radius 1 is 1.03 bits per heavy atom. The highest BCUT2D eigenvalue weighted by Crippen LogP contribution is 2.64. The highest BCUT2D eigenvalue weighted by Gasteiger charge is 2.65. The number of ketones is 1. The van der Waals surface area contributed by atoms with Gasteiger partial charge in [0, 0.05) is 11.8 Å². The van der Waals surface area contributed by atoms with Gasteiger partial charge in [-0.05, 0) is 35.3 Å². The van der Waals surface area contributed by atoms with E-state index in [9.17, 15) is 18.3 Å². The number of hydrogen-bond acceptors (Lipinski definition) is 4. The van der Waals surface area contributed by atoms with Gasteiger partial charge in [-0.2, -0.15) is 0 Å². The smallest absolute Gasteiger partial charge is 0.213 e. The second-order valence-corrected chi connectivity index (χ2v) is 11.0. The second kappa shape index (κ2) is 7.59. The maximum atomic E-state index is 13.3. The summed E-state index contributed by atoms with van der Waals surface area (Å²) < 4.78 is 29.4. The molecule has 0 aromatic heterocycles. The molecule has 5 nitrogen and oxygen atoms in total. The molecular formula is C24H29NO4S. The summed E-state index contributed by atoms with van der Waals surface area (Å²) in [6.07, 6.45) is 0.923. The van der Waals surface area contributed by atoms with Gasteiger partial charge in [-0.3, -0.25) is 4.79 Å². The third kappa shape index (κ3) is 3.51. The van der Waals surface area contributed by atoms with Gasteiger partial charge in [0.05, 0.1) is 17.9 Å². The average Bonchev–Trinajstić information content (AvgIpc) is 3.07. The summed E-state index contributed by atoms with van der Waals surface area (Å²) in [4.78, 5) is 12.8. The Labute approximate surface area is 178 Å². The van der Waals surface area contributed by atoms with Crippen LogP contribution in [0.1, 0.15) is 56.4 Å². The maximum Gasteiger partial charge on any atom is 0.213 e. The van der Waals surface area contributed by atoms with E-state index in [1.54, 1.807) is 24.3 Å². The van der Waals surface area contributed by atoms with E-state index in [-0.39, 0.29) is 22.9 Å². The fourth-order valence-corrected chi connectivity index (χ4v) is 7.55. The molecule has 2 N–H and O–H groups in total. The Balaban J connectivity index is 1.65. The van der Waals surface area contributed by atoms with Gasteiger partial charge >= 0.3 is 0 Å². The SMILES string of the molecule is CC1(C)[C@H]2CC[C@]1(CS(=O)(=O)N[C@@H](c1ccccc1)[C@H](O)c1ccccc1)C(=O)C2. The van der Waals surface area contributed by atoms with Gasteiger partial charge < -0.3 is 5.11 Å². The van der Waals surface area contributed by atoms with E-state index in [1.807, 2.05) is 50.2 Å². The number of aliphatic hydroxyl groups excluding tert-OH is 1. The number of hydrogen-bond donors (Lipinski definition) is 2. The molecule has 6 heteroatoms. The zero-order valence-electron chi connectivity index (χ0n) is 17.4. The molecule has 0 heterocycles. The summed E-state index contributed by atoms with van der Waals surface area (Å²) in [6.45, 7) is 4.05. The predicted octanol–water partition coefficient (Wildman–Crippen LogP) is 3.78. The molecule has 2 fully saturated rings. The van der Waals surface area contributed by atoms with E-state index in [2.05, 4.69) is 4.72 Å². The van der Waals surface area contributed by atoms with Crippen molar-refractivity contribution in [1.82, 2.24) is 4.72 Å². The molecule has 2 bridgehead atoms. The van der Waals surface area contributed by atoms with E-state index in [4.69, 9.17) is 0 Å².